The zero-order valence-electron chi connectivity index (χ0n) is 11.9. The molecule has 1 amide bonds. The first kappa shape index (κ1) is 14.8. The van der Waals surface area contributed by atoms with E-state index < -0.39 is 0 Å². The number of hydrogen-bond acceptors (Lipinski definition) is 4. The third-order valence-electron chi connectivity index (χ3n) is 3.35. The van der Waals surface area contributed by atoms with Gasteiger partial charge in [0.05, 0.1) is 12.5 Å². The maximum Gasteiger partial charge on any atom is 0.228 e. The molecule has 0 unspecified atom stereocenters. The van der Waals surface area contributed by atoms with Crippen LogP contribution in [0.3, 0.4) is 0 Å². The molecular weight excluding hydrogens is 256 g/mol. The van der Waals surface area contributed by atoms with Crippen molar-refractivity contribution in [3.63, 3.8) is 0 Å². The van der Waals surface area contributed by atoms with Crippen LogP contribution < -0.4 is 15.4 Å². The SMILES string of the molecule is COCCOc1ccc(NC(=O)[C@H]2CCCNC2)cc1. The Bertz CT molecular complexity index is 414. The fourth-order valence-corrected chi connectivity index (χ4v) is 2.20. The molecule has 0 saturated carbocycles. The molecule has 0 aliphatic carbocycles. The highest BCUT2D eigenvalue weighted by Crippen LogP contribution is 2.18. The van der Waals surface area contributed by atoms with E-state index in [1.165, 1.54) is 0 Å². The molecular formula is C15H22N2O3. The highest BCUT2D eigenvalue weighted by atomic mass is 16.5. The molecule has 1 heterocycles. The molecule has 5 heteroatoms. The van der Waals surface area contributed by atoms with Gasteiger partial charge in [-0.1, -0.05) is 0 Å². The molecule has 110 valence electrons. The molecule has 2 N–H and O–H groups in total. The number of anilines is 1. The van der Waals surface area contributed by atoms with Crippen molar-refractivity contribution in [3.05, 3.63) is 24.3 Å². The van der Waals surface area contributed by atoms with Crippen LogP contribution in [0.15, 0.2) is 24.3 Å². The van der Waals surface area contributed by atoms with Gasteiger partial charge in [-0.25, -0.2) is 0 Å². The number of nitrogens with one attached hydrogen (secondary N) is 2. The van der Waals surface area contributed by atoms with Crippen molar-refractivity contribution in [2.45, 2.75) is 12.8 Å². The predicted molar refractivity (Wildman–Crippen MR) is 78.0 cm³/mol. The zero-order valence-corrected chi connectivity index (χ0v) is 11.9. The molecule has 2 rings (SSSR count). The van der Waals surface area contributed by atoms with Crippen LogP contribution >= 0.6 is 0 Å². The van der Waals surface area contributed by atoms with E-state index in [1.807, 2.05) is 24.3 Å². The molecule has 1 aromatic carbocycles. The van der Waals surface area contributed by atoms with Gasteiger partial charge in [0.15, 0.2) is 0 Å². The van der Waals surface area contributed by atoms with Gasteiger partial charge in [-0.15, -0.1) is 0 Å². The van der Waals surface area contributed by atoms with Crippen LogP contribution in [-0.4, -0.2) is 39.3 Å². The first-order valence-electron chi connectivity index (χ1n) is 7.03. The predicted octanol–water partition coefficient (Wildman–Crippen LogP) is 1.65. The molecule has 20 heavy (non-hydrogen) atoms. The zero-order chi connectivity index (χ0) is 14.2. The van der Waals surface area contributed by atoms with Crippen molar-refractivity contribution in [2.24, 2.45) is 5.92 Å². The van der Waals surface area contributed by atoms with Gasteiger partial charge < -0.3 is 20.1 Å². The lowest BCUT2D eigenvalue weighted by atomic mass is 9.99. The van der Waals surface area contributed by atoms with Crippen molar-refractivity contribution < 1.29 is 14.3 Å². The summed E-state index contributed by atoms with van der Waals surface area (Å²) < 4.78 is 10.4. The van der Waals surface area contributed by atoms with Crippen LogP contribution in [0.5, 0.6) is 5.75 Å². The molecule has 1 aliphatic rings. The first-order valence-corrected chi connectivity index (χ1v) is 7.03. The lowest BCUT2D eigenvalue weighted by molar-refractivity contribution is -0.120. The van der Waals surface area contributed by atoms with Gasteiger partial charge in [-0.05, 0) is 43.7 Å². The second-order valence-corrected chi connectivity index (χ2v) is 4.90. The van der Waals surface area contributed by atoms with Crippen molar-refractivity contribution in [3.8, 4) is 5.75 Å². The van der Waals surface area contributed by atoms with Crippen LogP contribution in [0.2, 0.25) is 0 Å². The molecule has 1 fully saturated rings. The van der Waals surface area contributed by atoms with Crippen LogP contribution in [0.25, 0.3) is 0 Å². The number of piperidine rings is 1. The molecule has 1 atom stereocenters. The summed E-state index contributed by atoms with van der Waals surface area (Å²) in [5.74, 6) is 0.936. The third-order valence-corrected chi connectivity index (χ3v) is 3.35. The molecule has 0 spiro atoms. The Morgan fingerprint density at radius 1 is 1.35 bits per heavy atom. The lowest BCUT2D eigenvalue weighted by Gasteiger charge is -2.21. The average Bonchev–Trinajstić information content (AvgIpc) is 2.50. The van der Waals surface area contributed by atoms with Crippen molar-refractivity contribution in [2.75, 3.05) is 38.7 Å². The highest BCUT2D eigenvalue weighted by Gasteiger charge is 2.20. The van der Waals surface area contributed by atoms with Crippen molar-refractivity contribution in [1.29, 1.82) is 0 Å². The molecule has 1 aliphatic heterocycles. The fraction of sp³-hybridized carbons (Fsp3) is 0.533. The number of amides is 1. The number of rotatable bonds is 6. The number of hydrogen-bond donors (Lipinski definition) is 2. The van der Waals surface area contributed by atoms with Crippen molar-refractivity contribution in [1.82, 2.24) is 5.32 Å². The molecule has 1 aromatic rings. The number of carbonyl (C=O) groups is 1. The Morgan fingerprint density at radius 3 is 2.80 bits per heavy atom. The summed E-state index contributed by atoms with van der Waals surface area (Å²) in [7, 11) is 1.64. The van der Waals surface area contributed by atoms with Gasteiger partial charge in [0, 0.05) is 19.3 Å². The summed E-state index contributed by atoms with van der Waals surface area (Å²) in [6, 6.07) is 7.42. The van der Waals surface area contributed by atoms with E-state index in [0.29, 0.717) is 13.2 Å². The number of benzene rings is 1. The van der Waals surface area contributed by atoms with E-state index in [1.54, 1.807) is 7.11 Å². The van der Waals surface area contributed by atoms with E-state index in [2.05, 4.69) is 10.6 Å². The quantitative estimate of drug-likeness (QED) is 0.777. The van der Waals surface area contributed by atoms with Crippen LogP contribution in [0.4, 0.5) is 5.69 Å². The van der Waals surface area contributed by atoms with Crippen LogP contribution in [0, 0.1) is 5.92 Å². The Kier molecular flexibility index (Phi) is 5.83. The number of ether oxygens (including phenoxy) is 2. The smallest absolute Gasteiger partial charge is 0.228 e. The van der Waals surface area contributed by atoms with Crippen LogP contribution in [0.1, 0.15) is 12.8 Å². The van der Waals surface area contributed by atoms with E-state index in [9.17, 15) is 4.79 Å². The Labute approximate surface area is 119 Å². The van der Waals surface area contributed by atoms with Gasteiger partial charge in [0.1, 0.15) is 12.4 Å². The normalized spacial score (nSPS) is 18.6. The first-order chi connectivity index (χ1) is 9.79. The fourth-order valence-electron chi connectivity index (χ4n) is 2.20. The second-order valence-electron chi connectivity index (χ2n) is 4.90. The monoisotopic (exact) mass is 278 g/mol. The van der Waals surface area contributed by atoms with Crippen LogP contribution in [-0.2, 0) is 9.53 Å². The molecule has 0 radical (unpaired) electrons. The Balaban J connectivity index is 1.81. The minimum absolute atomic E-state index is 0.0707. The summed E-state index contributed by atoms with van der Waals surface area (Å²) in [4.78, 5) is 12.1. The number of carbonyl (C=O) groups excluding carboxylic acids is 1. The summed E-state index contributed by atoms with van der Waals surface area (Å²) in [6.07, 6.45) is 2.02. The highest BCUT2D eigenvalue weighted by molar-refractivity contribution is 5.92. The topological polar surface area (TPSA) is 59.6 Å². The summed E-state index contributed by atoms with van der Waals surface area (Å²) in [5, 5.41) is 6.19. The largest absolute Gasteiger partial charge is 0.491 e. The van der Waals surface area contributed by atoms with E-state index >= 15 is 0 Å². The minimum atomic E-state index is 0.0707. The third kappa shape index (κ3) is 4.51. The summed E-state index contributed by atoms with van der Waals surface area (Å²) in [6.45, 7) is 2.87. The maximum absolute atomic E-state index is 12.1. The van der Waals surface area contributed by atoms with E-state index in [-0.39, 0.29) is 11.8 Å². The van der Waals surface area contributed by atoms with E-state index in [4.69, 9.17) is 9.47 Å². The van der Waals surface area contributed by atoms with Crippen molar-refractivity contribution >= 4 is 11.6 Å². The maximum atomic E-state index is 12.1. The van der Waals surface area contributed by atoms with Gasteiger partial charge >= 0.3 is 0 Å². The minimum Gasteiger partial charge on any atom is -0.491 e. The Morgan fingerprint density at radius 2 is 2.15 bits per heavy atom. The molecule has 0 aromatic heterocycles. The van der Waals surface area contributed by atoms with E-state index in [0.717, 1.165) is 37.4 Å². The summed E-state index contributed by atoms with van der Waals surface area (Å²) in [5.41, 5.74) is 0.805. The van der Waals surface area contributed by atoms with Gasteiger partial charge in [0.2, 0.25) is 5.91 Å². The summed E-state index contributed by atoms with van der Waals surface area (Å²) >= 11 is 0. The second kappa shape index (κ2) is 7.87. The van der Waals surface area contributed by atoms with Gasteiger partial charge in [0.25, 0.3) is 0 Å². The molecule has 5 nitrogen and oxygen atoms in total. The molecule has 1 saturated heterocycles. The standard InChI is InChI=1S/C15H22N2O3/c1-19-9-10-20-14-6-4-13(5-7-14)17-15(18)12-3-2-8-16-11-12/h4-7,12,16H,2-3,8-11H2,1H3,(H,17,18)/t12-/m0/s1. The average molecular weight is 278 g/mol. The van der Waals surface area contributed by atoms with Gasteiger partial charge in [-0.3, -0.25) is 4.79 Å². The Hall–Kier alpha value is -1.59. The lowest BCUT2D eigenvalue weighted by Crippen LogP contribution is -2.37. The molecule has 0 bridgehead atoms. The van der Waals surface area contributed by atoms with Gasteiger partial charge in [-0.2, -0.15) is 0 Å². The number of methoxy groups -OCH3 is 1.